The summed E-state index contributed by atoms with van der Waals surface area (Å²) in [7, 11) is 1.77. The molecule has 0 aromatic heterocycles. The molecule has 0 spiro atoms. The van der Waals surface area contributed by atoms with Gasteiger partial charge in [-0.15, -0.1) is 4.91 Å². The van der Waals surface area contributed by atoms with Gasteiger partial charge in [-0.2, -0.15) is 0 Å². The van der Waals surface area contributed by atoms with Crippen LogP contribution < -0.4 is 5.32 Å². The average molecular weight is 183 g/mol. The number of nitrogens with zero attached hydrogens (tertiary/aromatic N) is 2. The molecule has 74 valence electrons. The van der Waals surface area contributed by atoms with E-state index in [1.54, 1.807) is 12.1 Å². The maximum Gasteiger partial charge on any atom is 0.0523 e. The van der Waals surface area contributed by atoms with E-state index in [1.165, 1.54) is 12.8 Å². The van der Waals surface area contributed by atoms with Crippen LogP contribution in [0.4, 0.5) is 0 Å². The van der Waals surface area contributed by atoms with Crippen LogP contribution in [0.2, 0.25) is 0 Å². The number of hydrogen-bond donors (Lipinski definition) is 1. The molecule has 0 aromatic carbocycles. The molecular formula is C9H17N3O. The van der Waals surface area contributed by atoms with E-state index < -0.39 is 0 Å². The lowest BCUT2D eigenvalue weighted by molar-refractivity contribution is 0.154. The van der Waals surface area contributed by atoms with E-state index in [1.807, 2.05) is 0 Å². The molecule has 0 radical (unpaired) electrons. The Morgan fingerprint density at radius 2 is 2.31 bits per heavy atom. The van der Waals surface area contributed by atoms with Crippen LogP contribution in [0, 0.1) is 16.7 Å². The monoisotopic (exact) mass is 183 g/mol. The van der Waals surface area contributed by atoms with E-state index in [4.69, 9.17) is 0 Å². The zero-order valence-corrected chi connectivity index (χ0v) is 8.23. The van der Waals surface area contributed by atoms with E-state index >= 15 is 0 Å². The Labute approximate surface area is 78.6 Å². The van der Waals surface area contributed by atoms with Crippen LogP contribution in [0.3, 0.4) is 0 Å². The molecule has 2 bridgehead atoms. The molecule has 0 aromatic rings. The minimum atomic E-state index is 0.301. The topological polar surface area (TPSA) is 44.7 Å². The summed E-state index contributed by atoms with van der Waals surface area (Å²) in [5, 5.41) is 8.01. The number of piperidine rings is 1. The fourth-order valence-corrected chi connectivity index (χ4v) is 2.82. The summed E-state index contributed by atoms with van der Waals surface area (Å²) in [4.78, 5) is 10.4. The third-order valence-corrected chi connectivity index (χ3v) is 3.76. The van der Waals surface area contributed by atoms with E-state index in [0.717, 1.165) is 12.5 Å². The van der Waals surface area contributed by atoms with Gasteiger partial charge in [-0.25, -0.2) is 0 Å². The Morgan fingerprint density at radius 1 is 1.54 bits per heavy atom. The van der Waals surface area contributed by atoms with Crippen LogP contribution in [-0.4, -0.2) is 30.7 Å². The van der Waals surface area contributed by atoms with Gasteiger partial charge in [-0.05, 0) is 38.1 Å². The molecule has 4 nitrogen and oxygen atoms in total. The maximum absolute atomic E-state index is 10.4. The van der Waals surface area contributed by atoms with E-state index in [2.05, 4.69) is 17.5 Å². The second-order valence-corrected chi connectivity index (χ2v) is 4.40. The van der Waals surface area contributed by atoms with Crippen molar-refractivity contribution in [1.82, 2.24) is 10.3 Å². The first-order chi connectivity index (χ1) is 6.22. The molecule has 1 aliphatic heterocycles. The molecular weight excluding hydrogens is 166 g/mol. The molecule has 1 saturated carbocycles. The summed E-state index contributed by atoms with van der Waals surface area (Å²) in [6, 6.07) is 1.01. The lowest BCUT2D eigenvalue weighted by atomic mass is 9.89. The van der Waals surface area contributed by atoms with Gasteiger partial charge in [-0.1, -0.05) is 0 Å². The Kier molecular flexibility index (Phi) is 2.24. The van der Waals surface area contributed by atoms with Crippen LogP contribution in [0.15, 0.2) is 5.29 Å². The number of rotatable bonds is 3. The van der Waals surface area contributed by atoms with Gasteiger partial charge in [0.25, 0.3) is 0 Å². The highest BCUT2D eigenvalue weighted by Crippen LogP contribution is 2.39. The standard InChI is InChI=1S/C9H17N3O/c1-6(12(2)11-13)9-4-8-3-7(9)5-10-8/h6-10H,3-5H2,1-2H3. The highest BCUT2D eigenvalue weighted by Gasteiger charge is 2.42. The molecule has 1 heterocycles. The SMILES string of the molecule is CC(C1CC2CC1CN2)N(C)N=O. The second kappa shape index (κ2) is 3.25. The van der Waals surface area contributed by atoms with Crippen molar-refractivity contribution in [3.63, 3.8) is 0 Å². The van der Waals surface area contributed by atoms with Gasteiger partial charge < -0.3 is 5.32 Å². The number of hydrogen-bond acceptors (Lipinski definition) is 3. The zero-order valence-electron chi connectivity index (χ0n) is 8.23. The Hall–Kier alpha value is -0.640. The van der Waals surface area contributed by atoms with Gasteiger partial charge in [0.1, 0.15) is 0 Å². The number of fused-ring (bicyclic) bond motifs is 2. The minimum absolute atomic E-state index is 0.301. The lowest BCUT2D eigenvalue weighted by Gasteiger charge is -2.31. The number of nitroso groups, excluding NO2 is 1. The highest BCUT2D eigenvalue weighted by atomic mass is 16.3. The van der Waals surface area contributed by atoms with Crippen LogP contribution in [0.5, 0.6) is 0 Å². The summed E-state index contributed by atoms with van der Waals surface area (Å²) < 4.78 is 0. The van der Waals surface area contributed by atoms with Crippen molar-refractivity contribution in [2.24, 2.45) is 17.1 Å². The molecule has 2 aliphatic rings. The lowest BCUT2D eigenvalue weighted by Crippen LogP contribution is -2.40. The molecule has 4 atom stereocenters. The van der Waals surface area contributed by atoms with Crippen molar-refractivity contribution in [2.45, 2.75) is 31.8 Å². The van der Waals surface area contributed by atoms with Gasteiger partial charge >= 0.3 is 0 Å². The van der Waals surface area contributed by atoms with Gasteiger partial charge in [0.15, 0.2) is 0 Å². The summed E-state index contributed by atoms with van der Waals surface area (Å²) in [5.41, 5.74) is 0. The molecule has 1 aliphatic carbocycles. The van der Waals surface area contributed by atoms with Gasteiger partial charge in [-0.3, -0.25) is 5.01 Å². The first-order valence-electron chi connectivity index (χ1n) is 5.02. The minimum Gasteiger partial charge on any atom is -0.314 e. The quantitative estimate of drug-likeness (QED) is 0.524. The highest BCUT2D eigenvalue weighted by molar-refractivity contribution is 4.98. The van der Waals surface area contributed by atoms with Gasteiger partial charge in [0.05, 0.1) is 11.3 Å². The van der Waals surface area contributed by atoms with Crippen LogP contribution in [0.1, 0.15) is 19.8 Å². The van der Waals surface area contributed by atoms with Crippen LogP contribution in [-0.2, 0) is 0 Å². The van der Waals surface area contributed by atoms with E-state index in [0.29, 0.717) is 18.0 Å². The largest absolute Gasteiger partial charge is 0.314 e. The second-order valence-electron chi connectivity index (χ2n) is 4.40. The molecule has 13 heavy (non-hydrogen) atoms. The predicted molar refractivity (Wildman–Crippen MR) is 51.0 cm³/mol. The van der Waals surface area contributed by atoms with Gasteiger partial charge in [0, 0.05) is 13.1 Å². The molecule has 1 N–H and O–H groups in total. The van der Waals surface area contributed by atoms with Crippen LogP contribution >= 0.6 is 0 Å². The smallest absolute Gasteiger partial charge is 0.0523 e. The number of nitrogens with one attached hydrogen (secondary N) is 1. The summed E-state index contributed by atoms with van der Waals surface area (Å²) in [5.74, 6) is 1.43. The Morgan fingerprint density at radius 3 is 2.77 bits per heavy atom. The Bertz CT molecular complexity index is 209. The fourth-order valence-electron chi connectivity index (χ4n) is 2.82. The zero-order chi connectivity index (χ0) is 9.42. The third-order valence-electron chi connectivity index (χ3n) is 3.76. The maximum atomic E-state index is 10.4. The molecule has 0 amide bonds. The fraction of sp³-hybridized carbons (Fsp3) is 1.00. The summed E-state index contributed by atoms with van der Waals surface area (Å²) in [6.45, 7) is 3.24. The molecule has 4 unspecified atom stereocenters. The average Bonchev–Trinajstić information content (AvgIpc) is 2.76. The molecule has 4 heteroatoms. The first kappa shape index (κ1) is 8.94. The van der Waals surface area contributed by atoms with Crippen LogP contribution in [0.25, 0.3) is 0 Å². The first-order valence-corrected chi connectivity index (χ1v) is 5.02. The summed E-state index contributed by atoms with van der Waals surface area (Å²) >= 11 is 0. The van der Waals surface area contributed by atoms with Crippen molar-refractivity contribution < 1.29 is 0 Å². The summed E-state index contributed by atoms with van der Waals surface area (Å²) in [6.07, 6.45) is 2.51. The molecule has 2 fully saturated rings. The van der Waals surface area contributed by atoms with Crippen molar-refractivity contribution >= 4 is 0 Å². The molecule has 1 saturated heterocycles. The molecule has 2 rings (SSSR count). The van der Waals surface area contributed by atoms with E-state index in [-0.39, 0.29) is 0 Å². The van der Waals surface area contributed by atoms with Crippen molar-refractivity contribution in [3.05, 3.63) is 4.91 Å². The third kappa shape index (κ3) is 1.43. The van der Waals surface area contributed by atoms with Gasteiger partial charge in [0.2, 0.25) is 0 Å². The van der Waals surface area contributed by atoms with Crippen molar-refractivity contribution in [1.29, 1.82) is 0 Å². The van der Waals surface area contributed by atoms with Crippen molar-refractivity contribution in [2.75, 3.05) is 13.6 Å². The predicted octanol–water partition coefficient (Wildman–Crippen LogP) is 0.986. The normalized spacial score (nSPS) is 39.1. The Balaban J connectivity index is 1.98. The van der Waals surface area contributed by atoms with Crippen molar-refractivity contribution in [3.8, 4) is 0 Å². The van der Waals surface area contributed by atoms with E-state index in [9.17, 15) is 4.91 Å².